The summed E-state index contributed by atoms with van der Waals surface area (Å²) in [5.41, 5.74) is 0.986. The van der Waals surface area contributed by atoms with Gasteiger partial charge in [0.05, 0.1) is 24.0 Å². The molecule has 2 aliphatic rings. The second-order valence-corrected chi connectivity index (χ2v) is 9.37. The minimum absolute atomic E-state index is 0.0499. The van der Waals surface area contributed by atoms with Crippen molar-refractivity contribution in [2.24, 2.45) is 0 Å². The predicted octanol–water partition coefficient (Wildman–Crippen LogP) is 3.77. The number of fused-ring (bicyclic) bond motifs is 1. The number of hydrogen-bond acceptors (Lipinski definition) is 5. The lowest BCUT2D eigenvalue weighted by Crippen LogP contribution is -2.51. The number of imidazole rings is 1. The number of rotatable bonds is 6. The van der Waals surface area contributed by atoms with E-state index in [1.54, 1.807) is 15.5 Å². The summed E-state index contributed by atoms with van der Waals surface area (Å²) < 4.78 is 48.1. The van der Waals surface area contributed by atoms with Crippen LogP contribution in [0.4, 0.5) is 18.9 Å². The van der Waals surface area contributed by atoms with Crippen LogP contribution in [0.15, 0.2) is 31.1 Å². The lowest BCUT2D eigenvalue weighted by atomic mass is 10.0. The van der Waals surface area contributed by atoms with Gasteiger partial charge in [0.1, 0.15) is 0 Å². The molecule has 4 heterocycles. The third-order valence-electron chi connectivity index (χ3n) is 6.59. The van der Waals surface area contributed by atoms with Gasteiger partial charge in [0.2, 0.25) is 5.91 Å². The number of piperidine rings is 1. The summed E-state index contributed by atoms with van der Waals surface area (Å²) in [6, 6.07) is 1.22. The number of morpholine rings is 1. The Morgan fingerprint density at radius 1 is 1.32 bits per heavy atom. The average Bonchev–Trinajstić information content (AvgIpc) is 3.24. The standard InChI is InChI=1S/C24H32F3N5O2/c1-4-22(33)31-9-10-34-19(15-31)14-30-7-5-18(6-8-30)29-20-11-17(24(25,26)27)13-32-21(16(2)3)12-28-23(20)32/h4,11-13,16,18-19,29H,1,5-10,14-15H2,2-3H3/t19-/m1/s1. The van der Waals surface area contributed by atoms with Crippen LogP contribution in [0.25, 0.3) is 5.65 Å². The zero-order chi connectivity index (χ0) is 24.5. The van der Waals surface area contributed by atoms with E-state index in [2.05, 4.69) is 21.8 Å². The van der Waals surface area contributed by atoms with E-state index in [-0.39, 0.29) is 24.0 Å². The summed E-state index contributed by atoms with van der Waals surface area (Å²) in [6.07, 6.45) is 1.21. The maximum Gasteiger partial charge on any atom is 0.417 e. The molecule has 0 radical (unpaired) electrons. The Labute approximate surface area is 197 Å². The molecule has 2 saturated heterocycles. The van der Waals surface area contributed by atoms with E-state index < -0.39 is 11.7 Å². The van der Waals surface area contributed by atoms with Crippen LogP contribution >= 0.6 is 0 Å². The highest BCUT2D eigenvalue weighted by atomic mass is 19.4. The highest BCUT2D eigenvalue weighted by Gasteiger charge is 2.33. The molecule has 2 aliphatic heterocycles. The molecule has 1 atom stereocenters. The Bertz CT molecular complexity index is 1030. The number of amides is 1. The van der Waals surface area contributed by atoms with Gasteiger partial charge in [-0.2, -0.15) is 13.2 Å². The predicted molar refractivity (Wildman–Crippen MR) is 124 cm³/mol. The number of ether oxygens (including phenoxy) is 1. The molecule has 10 heteroatoms. The van der Waals surface area contributed by atoms with Crippen molar-refractivity contribution in [1.29, 1.82) is 0 Å². The Balaban J connectivity index is 1.41. The minimum atomic E-state index is -4.44. The summed E-state index contributed by atoms with van der Waals surface area (Å²) in [6.45, 7) is 11.4. The number of pyridine rings is 1. The van der Waals surface area contributed by atoms with Crippen molar-refractivity contribution in [3.8, 4) is 0 Å². The zero-order valence-corrected chi connectivity index (χ0v) is 19.6. The number of aromatic nitrogens is 2. The van der Waals surface area contributed by atoms with Gasteiger partial charge in [-0.1, -0.05) is 20.4 Å². The van der Waals surface area contributed by atoms with Gasteiger partial charge < -0.3 is 24.3 Å². The van der Waals surface area contributed by atoms with Crippen LogP contribution in [-0.2, 0) is 15.7 Å². The fraction of sp³-hybridized carbons (Fsp3) is 0.583. The third-order valence-corrected chi connectivity index (χ3v) is 6.59. The minimum Gasteiger partial charge on any atom is -0.379 e. The molecule has 1 N–H and O–H groups in total. The SMILES string of the molecule is C=CC(=O)N1CCO[C@H](CN2CCC(Nc3cc(C(F)(F)F)cn4c(C(C)C)cnc34)CC2)C1. The first-order valence-electron chi connectivity index (χ1n) is 11.8. The Hall–Kier alpha value is -2.59. The van der Waals surface area contributed by atoms with E-state index in [0.29, 0.717) is 31.0 Å². The van der Waals surface area contributed by atoms with Crippen LogP contribution in [-0.4, -0.2) is 76.6 Å². The van der Waals surface area contributed by atoms with Crippen molar-refractivity contribution in [3.05, 3.63) is 42.4 Å². The van der Waals surface area contributed by atoms with Crippen molar-refractivity contribution in [1.82, 2.24) is 19.2 Å². The monoisotopic (exact) mass is 479 g/mol. The largest absolute Gasteiger partial charge is 0.417 e. The number of nitrogens with zero attached hydrogens (tertiary/aromatic N) is 4. The zero-order valence-electron chi connectivity index (χ0n) is 19.6. The molecule has 2 aromatic heterocycles. The first kappa shape index (κ1) is 24.5. The van der Waals surface area contributed by atoms with E-state index in [0.717, 1.165) is 44.4 Å². The highest BCUT2D eigenvalue weighted by molar-refractivity contribution is 5.87. The van der Waals surface area contributed by atoms with Gasteiger partial charge in [-0.15, -0.1) is 0 Å². The van der Waals surface area contributed by atoms with Crippen molar-refractivity contribution in [2.75, 3.05) is 44.6 Å². The second-order valence-electron chi connectivity index (χ2n) is 9.37. The van der Waals surface area contributed by atoms with E-state index in [4.69, 9.17) is 4.74 Å². The maximum absolute atomic E-state index is 13.6. The fourth-order valence-electron chi connectivity index (χ4n) is 4.72. The molecule has 34 heavy (non-hydrogen) atoms. The summed E-state index contributed by atoms with van der Waals surface area (Å²) >= 11 is 0. The Kier molecular flexibility index (Phi) is 7.18. The normalized spacial score (nSPS) is 20.8. The van der Waals surface area contributed by atoms with Crippen LogP contribution in [0.2, 0.25) is 0 Å². The van der Waals surface area contributed by atoms with Crippen LogP contribution in [0.3, 0.4) is 0 Å². The number of anilines is 1. The molecule has 0 aliphatic carbocycles. The van der Waals surface area contributed by atoms with E-state index in [1.807, 2.05) is 13.8 Å². The van der Waals surface area contributed by atoms with Crippen molar-refractivity contribution in [2.45, 2.75) is 50.9 Å². The fourth-order valence-corrected chi connectivity index (χ4v) is 4.72. The molecule has 0 bridgehead atoms. The van der Waals surface area contributed by atoms with Crippen LogP contribution < -0.4 is 5.32 Å². The number of halogens is 3. The average molecular weight is 480 g/mol. The Morgan fingerprint density at radius 3 is 2.71 bits per heavy atom. The smallest absolute Gasteiger partial charge is 0.379 e. The molecule has 0 unspecified atom stereocenters. The molecule has 0 aromatic carbocycles. The molecule has 2 aromatic rings. The van der Waals surface area contributed by atoms with Gasteiger partial charge in [0, 0.05) is 56.9 Å². The van der Waals surface area contributed by atoms with Gasteiger partial charge in [0.25, 0.3) is 0 Å². The van der Waals surface area contributed by atoms with Crippen LogP contribution in [0.5, 0.6) is 0 Å². The first-order valence-corrected chi connectivity index (χ1v) is 11.8. The third kappa shape index (κ3) is 5.38. The van der Waals surface area contributed by atoms with Gasteiger partial charge in [0.15, 0.2) is 5.65 Å². The first-order chi connectivity index (χ1) is 16.2. The lowest BCUT2D eigenvalue weighted by molar-refractivity contribution is -0.138. The van der Waals surface area contributed by atoms with Crippen LogP contribution in [0.1, 0.15) is 43.9 Å². The molecule has 0 spiro atoms. The van der Waals surface area contributed by atoms with Gasteiger partial charge in [-0.25, -0.2) is 4.98 Å². The molecule has 2 fully saturated rings. The Morgan fingerprint density at radius 2 is 2.06 bits per heavy atom. The topological polar surface area (TPSA) is 62.1 Å². The van der Waals surface area contributed by atoms with Crippen LogP contribution in [0, 0.1) is 0 Å². The van der Waals surface area contributed by atoms with Gasteiger partial charge >= 0.3 is 6.18 Å². The van der Waals surface area contributed by atoms with E-state index >= 15 is 0 Å². The number of likely N-dealkylation sites (tertiary alicyclic amines) is 1. The van der Waals surface area contributed by atoms with Crippen molar-refractivity contribution < 1.29 is 22.7 Å². The summed E-state index contributed by atoms with van der Waals surface area (Å²) in [4.78, 5) is 20.4. The number of nitrogens with one attached hydrogen (secondary N) is 1. The number of carbonyl (C=O) groups is 1. The number of carbonyl (C=O) groups excluding carboxylic acids is 1. The van der Waals surface area contributed by atoms with Crippen molar-refractivity contribution >= 4 is 17.2 Å². The van der Waals surface area contributed by atoms with E-state index in [9.17, 15) is 18.0 Å². The van der Waals surface area contributed by atoms with E-state index in [1.165, 1.54) is 12.1 Å². The number of alkyl halides is 3. The molecule has 7 nitrogen and oxygen atoms in total. The highest BCUT2D eigenvalue weighted by Crippen LogP contribution is 2.34. The van der Waals surface area contributed by atoms with Gasteiger partial charge in [-0.3, -0.25) is 4.79 Å². The molecule has 4 rings (SSSR count). The summed E-state index contributed by atoms with van der Waals surface area (Å²) in [5.74, 6) is -0.0301. The summed E-state index contributed by atoms with van der Waals surface area (Å²) in [5, 5.41) is 3.34. The molecule has 0 saturated carbocycles. The molecule has 186 valence electrons. The molecule has 1 amide bonds. The molecular weight excluding hydrogens is 447 g/mol. The molecular formula is C24H32F3N5O2. The van der Waals surface area contributed by atoms with Gasteiger partial charge in [-0.05, 0) is 30.9 Å². The lowest BCUT2D eigenvalue weighted by Gasteiger charge is -2.38. The summed E-state index contributed by atoms with van der Waals surface area (Å²) in [7, 11) is 0. The van der Waals surface area contributed by atoms with Crippen molar-refractivity contribution in [3.63, 3.8) is 0 Å². The quantitative estimate of drug-likeness (QED) is 0.640. The maximum atomic E-state index is 13.6. The number of hydrogen-bond donors (Lipinski definition) is 1. The second kappa shape index (κ2) is 9.95.